The van der Waals surface area contributed by atoms with Gasteiger partial charge in [-0.25, -0.2) is 0 Å². The fourth-order valence-corrected chi connectivity index (χ4v) is 3.77. The minimum atomic E-state index is -3.97. The lowest BCUT2D eigenvalue weighted by atomic mass is 10.0. The van der Waals surface area contributed by atoms with E-state index in [4.69, 9.17) is 4.55 Å². The van der Waals surface area contributed by atoms with Gasteiger partial charge in [-0.1, -0.05) is 71.6 Å². The summed E-state index contributed by atoms with van der Waals surface area (Å²) in [6.07, 6.45) is 12.2. The fourth-order valence-electron chi connectivity index (χ4n) is 2.80. The number of unbranched alkanes of at least 4 members (excludes halogenated alkanes) is 7. The summed E-state index contributed by atoms with van der Waals surface area (Å²) < 4.78 is 31.6. The summed E-state index contributed by atoms with van der Waals surface area (Å²) in [7, 11) is -3.97. The van der Waals surface area contributed by atoms with Crippen molar-refractivity contribution in [2.45, 2.75) is 109 Å². The molecule has 2 unspecified atom stereocenters. The van der Waals surface area contributed by atoms with E-state index < -0.39 is 21.5 Å². The van der Waals surface area contributed by atoms with Crippen molar-refractivity contribution in [1.82, 2.24) is 0 Å². The van der Waals surface area contributed by atoms with Crippen molar-refractivity contribution in [3.05, 3.63) is 0 Å². The van der Waals surface area contributed by atoms with Crippen LogP contribution in [0.15, 0.2) is 0 Å². The summed E-state index contributed by atoms with van der Waals surface area (Å²) >= 11 is 0. The second kappa shape index (κ2) is 13.3. The summed E-state index contributed by atoms with van der Waals surface area (Å²) in [5.41, 5.74) is 0. The molecule has 2 atom stereocenters. The number of aliphatic hydroxyl groups is 1. The lowest BCUT2D eigenvalue weighted by Gasteiger charge is -2.15. The summed E-state index contributed by atoms with van der Waals surface area (Å²) in [5, 5.41) is 9.21. The quantitative estimate of drug-likeness (QED) is 0.335. The molecular weight excluding hydrogens is 300 g/mol. The van der Waals surface area contributed by atoms with Gasteiger partial charge in [-0.3, -0.25) is 4.55 Å². The molecule has 134 valence electrons. The number of aliphatic hydroxyl groups excluding tert-OH is 1. The largest absolute Gasteiger partial charge is 0.393 e. The maximum atomic E-state index is 11.2. The van der Waals surface area contributed by atoms with Gasteiger partial charge in [0.15, 0.2) is 0 Å². The van der Waals surface area contributed by atoms with E-state index in [1.54, 1.807) is 0 Å². The highest BCUT2D eigenvalue weighted by Gasteiger charge is 2.22. The molecule has 0 saturated heterocycles. The molecule has 0 aromatic heterocycles. The van der Waals surface area contributed by atoms with Crippen LogP contribution >= 0.6 is 0 Å². The fraction of sp³-hybridized carbons (Fsp3) is 1.00. The molecule has 0 aliphatic rings. The van der Waals surface area contributed by atoms with Gasteiger partial charge in [-0.2, -0.15) is 8.42 Å². The van der Waals surface area contributed by atoms with E-state index in [9.17, 15) is 13.5 Å². The lowest BCUT2D eigenvalue weighted by molar-refractivity contribution is 0.147. The van der Waals surface area contributed by atoms with E-state index in [2.05, 4.69) is 6.92 Å². The van der Waals surface area contributed by atoms with Crippen LogP contribution in [0.3, 0.4) is 0 Å². The molecule has 4 nitrogen and oxygen atoms in total. The predicted molar refractivity (Wildman–Crippen MR) is 92.7 cm³/mol. The van der Waals surface area contributed by atoms with E-state index in [0.717, 1.165) is 25.7 Å². The molecule has 0 fully saturated rings. The Bertz CT molecular complexity index is 341. The van der Waals surface area contributed by atoms with Gasteiger partial charge in [0.05, 0.1) is 11.4 Å². The second-order valence-electron chi connectivity index (χ2n) is 6.42. The van der Waals surface area contributed by atoms with Gasteiger partial charge in [-0.15, -0.1) is 0 Å². The minimum Gasteiger partial charge on any atom is -0.393 e. The third kappa shape index (κ3) is 12.4. The third-order valence-electron chi connectivity index (χ3n) is 4.24. The van der Waals surface area contributed by atoms with E-state index in [1.807, 2.05) is 6.92 Å². The van der Waals surface area contributed by atoms with Crippen LogP contribution in [0.2, 0.25) is 0 Å². The lowest BCUT2D eigenvalue weighted by Crippen LogP contribution is -2.22. The van der Waals surface area contributed by atoms with Crippen LogP contribution in [0.1, 0.15) is 97.3 Å². The highest BCUT2D eigenvalue weighted by Crippen LogP contribution is 2.18. The van der Waals surface area contributed by atoms with Crippen molar-refractivity contribution in [2.24, 2.45) is 0 Å². The van der Waals surface area contributed by atoms with Gasteiger partial charge in [0.1, 0.15) is 0 Å². The molecule has 0 aromatic carbocycles. The molecule has 0 aliphatic heterocycles. The maximum absolute atomic E-state index is 11.2. The summed E-state index contributed by atoms with van der Waals surface area (Å²) in [6.45, 7) is 4.11. The Kier molecular flexibility index (Phi) is 13.2. The van der Waals surface area contributed by atoms with Crippen LogP contribution in [0.4, 0.5) is 0 Å². The number of rotatable bonds is 15. The Morgan fingerprint density at radius 2 is 1.27 bits per heavy atom. The van der Waals surface area contributed by atoms with E-state index in [-0.39, 0.29) is 0 Å². The monoisotopic (exact) mass is 336 g/mol. The van der Waals surface area contributed by atoms with Crippen LogP contribution < -0.4 is 0 Å². The highest BCUT2D eigenvalue weighted by molar-refractivity contribution is 7.86. The van der Waals surface area contributed by atoms with Crippen molar-refractivity contribution in [1.29, 1.82) is 0 Å². The zero-order chi connectivity index (χ0) is 16.8. The Hall–Kier alpha value is -0.130. The Morgan fingerprint density at radius 1 is 0.727 bits per heavy atom. The average molecular weight is 337 g/mol. The van der Waals surface area contributed by atoms with Crippen molar-refractivity contribution in [2.75, 3.05) is 0 Å². The van der Waals surface area contributed by atoms with Gasteiger partial charge >= 0.3 is 0 Å². The topological polar surface area (TPSA) is 74.6 Å². The zero-order valence-electron chi connectivity index (χ0n) is 14.5. The van der Waals surface area contributed by atoms with E-state index >= 15 is 0 Å². The number of hydrogen-bond donors (Lipinski definition) is 2. The molecule has 0 heterocycles. The van der Waals surface area contributed by atoms with Gasteiger partial charge in [-0.05, 0) is 25.7 Å². The first kappa shape index (κ1) is 21.9. The Balaban J connectivity index is 3.66. The predicted octanol–water partition coefficient (Wildman–Crippen LogP) is 4.71. The normalized spacial score (nSPS) is 14.9. The van der Waals surface area contributed by atoms with E-state index in [0.29, 0.717) is 19.3 Å². The van der Waals surface area contributed by atoms with Crippen LogP contribution in [-0.2, 0) is 10.1 Å². The smallest absolute Gasteiger partial charge is 0.267 e. The van der Waals surface area contributed by atoms with Gasteiger partial charge in [0.2, 0.25) is 0 Å². The molecule has 0 bridgehead atoms. The van der Waals surface area contributed by atoms with Crippen LogP contribution in [-0.4, -0.2) is 29.4 Å². The molecule has 0 rings (SSSR count). The Morgan fingerprint density at radius 3 is 1.77 bits per heavy atom. The first-order valence-corrected chi connectivity index (χ1v) is 10.6. The summed E-state index contributed by atoms with van der Waals surface area (Å²) in [5.74, 6) is 0. The molecule has 0 amide bonds. The van der Waals surface area contributed by atoms with E-state index in [1.165, 1.54) is 38.5 Å². The van der Waals surface area contributed by atoms with Gasteiger partial charge < -0.3 is 5.11 Å². The first-order chi connectivity index (χ1) is 10.4. The molecule has 0 aliphatic carbocycles. The standard InChI is InChI=1S/C17H36O4S/c1-3-5-6-7-8-9-10-11-13-16(18)14-15-17(12-4-2)22(19,20)21/h16-18H,3-15H2,1-2H3,(H,19,20,21). The molecule has 5 heteroatoms. The van der Waals surface area contributed by atoms with Crippen molar-refractivity contribution < 1.29 is 18.1 Å². The molecule has 22 heavy (non-hydrogen) atoms. The van der Waals surface area contributed by atoms with Crippen LogP contribution in [0.5, 0.6) is 0 Å². The SMILES string of the molecule is CCCCCCCCCCC(O)CCC(CCC)S(=O)(=O)O. The first-order valence-electron chi connectivity index (χ1n) is 9.06. The van der Waals surface area contributed by atoms with Crippen LogP contribution in [0.25, 0.3) is 0 Å². The van der Waals surface area contributed by atoms with Crippen molar-refractivity contribution in [3.63, 3.8) is 0 Å². The maximum Gasteiger partial charge on any atom is 0.267 e. The molecule has 0 spiro atoms. The third-order valence-corrected chi connectivity index (χ3v) is 5.56. The molecule has 0 radical (unpaired) electrons. The number of hydrogen-bond acceptors (Lipinski definition) is 3. The summed E-state index contributed by atoms with van der Waals surface area (Å²) in [4.78, 5) is 0. The summed E-state index contributed by atoms with van der Waals surface area (Å²) in [6, 6.07) is 0. The Labute approximate surface area is 137 Å². The van der Waals surface area contributed by atoms with Gasteiger partial charge in [0, 0.05) is 0 Å². The van der Waals surface area contributed by atoms with Crippen LogP contribution in [0, 0.1) is 0 Å². The van der Waals surface area contributed by atoms with Crippen molar-refractivity contribution in [3.8, 4) is 0 Å². The zero-order valence-corrected chi connectivity index (χ0v) is 15.3. The molecule has 0 aromatic rings. The van der Waals surface area contributed by atoms with Gasteiger partial charge in [0.25, 0.3) is 10.1 Å². The molecular formula is C17H36O4S. The second-order valence-corrected chi connectivity index (χ2v) is 8.12. The molecule has 0 saturated carbocycles. The minimum absolute atomic E-state index is 0.352. The highest BCUT2D eigenvalue weighted by atomic mass is 32.2. The average Bonchev–Trinajstić information content (AvgIpc) is 2.45. The van der Waals surface area contributed by atoms with Crippen molar-refractivity contribution >= 4 is 10.1 Å². The molecule has 2 N–H and O–H groups in total.